The molecule has 7 nitrogen and oxygen atoms in total. The van der Waals surface area contributed by atoms with Crippen molar-refractivity contribution in [3.63, 3.8) is 0 Å². The van der Waals surface area contributed by atoms with Crippen LogP contribution in [0.15, 0.2) is 42.6 Å². The molecule has 0 unspecified atom stereocenters. The van der Waals surface area contributed by atoms with Gasteiger partial charge in [-0.05, 0) is 29.3 Å². The summed E-state index contributed by atoms with van der Waals surface area (Å²) in [6.07, 6.45) is 1.82. The van der Waals surface area contributed by atoms with E-state index in [0.29, 0.717) is 17.2 Å². The van der Waals surface area contributed by atoms with Gasteiger partial charge in [0, 0.05) is 22.0 Å². The minimum Gasteiger partial charge on any atom is -0.493 e. The second kappa shape index (κ2) is 7.35. The third-order valence-electron chi connectivity index (χ3n) is 4.42. The summed E-state index contributed by atoms with van der Waals surface area (Å²) in [6.45, 7) is -0.250. The predicted molar refractivity (Wildman–Crippen MR) is 98.1 cm³/mol. The molecule has 0 amide bonds. The van der Waals surface area contributed by atoms with Gasteiger partial charge in [-0.25, -0.2) is 0 Å². The van der Waals surface area contributed by atoms with Gasteiger partial charge < -0.3 is 19.2 Å². The van der Waals surface area contributed by atoms with Crippen LogP contribution in [0.2, 0.25) is 0 Å². The third kappa shape index (κ3) is 3.15. The Labute approximate surface area is 150 Å². The Morgan fingerprint density at radius 2 is 1.73 bits per heavy atom. The highest BCUT2D eigenvalue weighted by Crippen LogP contribution is 2.42. The number of rotatable bonds is 7. The molecule has 1 N–H and O–H groups in total. The third-order valence-corrected chi connectivity index (χ3v) is 4.42. The standard InChI is InChI=1S/C19H20N2O5/c1-24-17-8-12(9-18(25-2)19(17)26-3)15(11-21(22)23)14-10-20-16-7-5-4-6-13(14)16/h4-10,15,20H,11H2,1-3H3/t15-/m1/s1. The molecule has 0 aliphatic heterocycles. The number of nitro groups is 1. The van der Waals surface area contributed by atoms with Gasteiger partial charge >= 0.3 is 0 Å². The first-order chi connectivity index (χ1) is 12.6. The number of hydrogen-bond acceptors (Lipinski definition) is 5. The maximum absolute atomic E-state index is 11.4. The Bertz CT molecular complexity index is 910. The predicted octanol–water partition coefficient (Wildman–Crippen LogP) is 3.60. The molecule has 0 radical (unpaired) electrons. The van der Waals surface area contributed by atoms with Crippen LogP contribution < -0.4 is 14.2 Å². The van der Waals surface area contributed by atoms with Gasteiger partial charge in [0.1, 0.15) is 0 Å². The van der Waals surface area contributed by atoms with Crippen molar-refractivity contribution in [2.75, 3.05) is 27.9 Å². The molecule has 0 aliphatic rings. The Kier molecular flexibility index (Phi) is 4.97. The van der Waals surface area contributed by atoms with Crippen molar-refractivity contribution in [3.05, 3.63) is 63.8 Å². The largest absolute Gasteiger partial charge is 0.493 e. The summed E-state index contributed by atoms with van der Waals surface area (Å²) in [7, 11) is 4.57. The fourth-order valence-corrected chi connectivity index (χ4v) is 3.22. The summed E-state index contributed by atoms with van der Waals surface area (Å²) in [4.78, 5) is 14.2. The van der Waals surface area contributed by atoms with E-state index in [1.54, 1.807) is 12.1 Å². The van der Waals surface area contributed by atoms with Crippen molar-refractivity contribution >= 4 is 10.9 Å². The van der Waals surface area contributed by atoms with Crippen LogP contribution >= 0.6 is 0 Å². The molecule has 2 aromatic carbocycles. The topological polar surface area (TPSA) is 86.6 Å². The van der Waals surface area contributed by atoms with Gasteiger partial charge in [0.05, 0.1) is 27.2 Å². The van der Waals surface area contributed by atoms with Gasteiger partial charge in [0.2, 0.25) is 12.3 Å². The van der Waals surface area contributed by atoms with Gasteiger partial charge in [-0.3, -0.25) is 10.1 Å². The molecule has 0 bridgehead atoms. The number of nitrogens with one attached hydrogen (secondary N) is 1. The van der Waals surface area contributed by atoms with E-state index in [9.17, 15) is 10.1 Å². The quantitative estimate of drug-likeness (QED) is 0.516. The smallest absolute Gasteiger partial charge is 0.214 e. The molecule has 0 saturated heterocycles. The minimum absolute atomic E-state index is 0.250. The number of hydrogen-bond donors (Lipinski definition) is 1. The van der Waals surface area contributed by atoms with Crippen LogP contribution in [0.4, 0.5) is 0 Å². The SMILES string of the molecule is COc1cc([C@@H](C[N+](=O)[O-])c2c[nH]c3ccccc23)cc(OC)c1OC. The van der Waals surface area contributed by atoms with Gasteiger partial charge in [-0.1, -0.05) is 18.2 Å². The fourth-order valence-electron chi connectivity index (χ4n) is 3.22. The monoisotopic (exact) mass is 356 g/mol. The normalized spacial score (nSPS) is 12.0. The Balaban J connectivity index is 2.19. The van der Waals surface area contributed by atoms with E-state index in [0.717, 1.165) is 22.0 Å². The molecule has 1 atom stereocenters. The van der Waals surface area contributed by atoms with Crippen molar-refractivity contribution < 1.29 is 19.1 Å². The van der Waals surface area contributed by atoms with Crippen molar-refractivity contribution in [2.45, 2.75) is 5.92 Å². The lowest BCUT2D eigenvalue weighted by Crippen LogP contribution is -2.14. The second-order valence-electron chi connectivity index (χ2n) is 5.82. The Morgan fingerprint density at radius 3 is 2.31 bits per heavy atom. The summed E-state index contributed by atoms with van der Waals surface area (Å²) in [5.74, 6) is 0.928. The van der Waals surface area contributed by atoms with E-state index in [2.05, 4.69) is 4.98 Å². The lowest BCUT2D eigenvalue weighted by Gasteiger charge is -2.18. The van der Waals surface area contributed by atoms with Crippen molar-refractivity contribution in [2.24, 2.45) is 0 Å². The number of para-hydroxylation sites is 1. The summed E-state index contributed by atoms with van der Waals surface area (Å²) < 4.78 is 16.1. The molecule has 0 spiro atoms. The zero-order chi connectivity index (χ0) is 18.7. The molecular formula is C19H20N2O5. The van der Waals surface area contributed by atoms with Crippen molar-refractivity contribution in [3.8, 4) is 17.2 Å². The molecule has 3 aromatic rings. The van der Waals surface area contributed by atoms with Crippen molar-refractivity contribution in [1.82, 2.24) is 4.98 Å². The van der Waals surface area contributed by atoms with E-state index in [1.807, 2.05) is 30.5 Å². The number of benzene rings is 2. The molecule has 0 aliphatic carbocycles. The summed E-state index contributed by atoms with van der Waals surface area (Å²) in [5.41, 5.74) is 2.51. The second-order valence-corrected chi connectivity index (χ2v) is 5.82. The highest BCUT2D eigenvalue weighted by molar-refractivity contribution is 5.84. The van der Waals surface area contributed by atoms with E-state index in [1.165, 1.54) is 21.3 Å². The van der Waals surface area contributed by atoms with Crippen LogP contribution in [-0.4, -0.2) is 37.8 Å². The van der Waals surface area contributed by atoms with E-state index in [4.69, 9.17) is 14.2 Å². The fraction of sp³-hybridized carbons (Fsp3) is 0.263. The molecule has 0 saturated carbocycles. The zero-order valence-electron chi connectivity index (χ0n) is 14.8. The highest BCUT2D eigenvalue weighted by atomic mass is 16.6. The maximum Gasteiger partial charge on any atom is 0.214 e. The van der Waals surface area contributed by atoms with Gasteiger partial charge in [-0.15, -0.1) is 0 Å². The number of methoxy groups -OCH3 is 3. The Morgan fingerprint density at radius 1 is 1.08 bits per heavy atom. The lowest BCUT2D eigenvalue weighted by molar-refractivity contribution is -0.481. The molecule has 1 heterocycles. The highest BCUT2D eigenvalue weighted by Gasteiger charge is 2.26. The van der Waals surface area contributed by atoms with Crippen LogP contribution in [0.25, 0.3) is 10.9 Å². The average molecular weight is 356 g/mol. The average Bonchev–Trinajstić information content (AvgIpc) is 3.08. The molecule has 136 valence electrons. The maximum atomic E-state index is 11.4. The van der Waals surface area contributed by atoms with Gasteiger partial charge in [-0.2, -0.15) is 0 Å². The van der Waals surface area contributed by atoms with Crippen LogP contribution in [0.1, 0.15) is 17.0 Å². The van der Waals surface area contributed by atoms with E-state index in [-0.39, 0.29) is 11.5 Å². The number of fused-ring (bicyclic) bond motifs is 1. The van der Waals surface area contributed by atoms with Crippen LogP contribution in [0, 0.1) is 10.1 Å². The number of ether oxygens (including phenoxy) is 3. The van der Waals surface area contributed by atoms with Crippen LogP contribution in [0.3, 0.4) is 0 Å². The molecule has 1 aromatic heterocycles. The van der Waals surface area contributed by atoms with Crippen molar-refractivity contribution in [1.29, 1.82) is 0 Å². The van der Waals surface area contributed by atoms with Crippen LogP contribution in [0.5, 0.6) is 17.2 Å². The van der Waals surface area contributed by atoms with E-state index >= 15 is 0 Å². The number of nitrogens with zero attached hydrogens (tertiary/aromatic N) is 1. The molecule has 3 rings (SSSR count). The minimum atomic E-state index is -0.463. The first-order valence-corrected chi connectivity index (χ1v) is 8.06. The number of aromatic amines is 1. The van der Waals surface area contributed by atoms with Crippen LogP contribution in [-0.2, 0) is 0 Å². The van der Waals surface area contributed by atoms with Gasteiger partial charge in [0.25, 0.3) is 0 Å². The van der Waals surface area contributed by atoms with Gasteiger partial charge in [0.15, 0.2) is 11.5 Å². The molecular weight excluding hydrogens is 336 g/mol. The van der Waals surface area contributed by atoms with E-state index < -0.39 is 5.92 Å². The summed E-state index contributed by atoms with van der Waals surface area (Å²) in [5, 5.41) is 12.3. The summed E-state index contributed by atoms with van der Waals surface area (Å²) >= 11 is 0. The molecule has 0 fully saturated rings. The molecule has 26 heavy (non-hydrogen) atoms. The summed E-state index contributed by atoms with van der Waals surface area (Å²) in [6, 6.07) is 11.3. The first-order valence-electron chi connectivity index (χ1n) is 8.06. The number of H-pyrrole nitrogens is 1. The zero-order valence-corrected chi connectivity index (χ0v) is 14.8. The molecule has 7 heteroatoms. The lowest BCUT2D eigenvalue weighted by atomic mass is 9.90. The first kappa shape index (κ1) is 17.6. The Hall–Kier alpha value is -3.22. The number of aromatic nitrogens is 1.